The average molecular weight is 517 g/mol. The van der Waals surface area contributed by atoms with Gasteiger partial charge >= 0.3 is 5.97 Å². The zero-order valence-corrected chi connectivity index (χ0v) is 21.2. The fourth-order valence-electron chi connectivity index (χ4n) is 5.29. The topological polar surface area (TPSA) is 85.2 Å². The van der Waals surface area contributed by atoms with Gasteiger partial charge in [0, 0.05) is 32.6 Å². The van der Waals surface area contributed by atoms with Crippen LogP contribution in [0.4, 0.5) is 4.39 Å². The second kappa shape index (κ2) is 10.5. The highest BCUT2D eigenvalue weighted by atomic mass is 19.1. The Hall–Kier alpha value is -3.78. The van der Waals surface area contributed by atoms with Gasteiger partial charge in [-0.1, -0.05) is 36.4 Å². The number of carboxylic acids is 1. The van der Waals surface area contributed by atoms with E-state index in [0.29, 0.717) is 28.9 Å². The van der Waals surface area contributed by atoms with Crippen molar-refractivity contribution in [2.24, 2.45) is 0 Å². The molecular weight excluding hydrogens is 487 g/mol. The Morgan fingerprint density at radius 1 is 1.03 bits per heavy atom. The summed E-state index contributed by atoms with van der Waals surface area (Å²) in [5.41, 5.74) is 3.15. The van der Waals surface area contributed by atoms with Crippen LogP contribution in [0.1, 0.15) is 39.9 Å². The lowest BCUT2D eigenvalue weighted by molar-refractivity contribution is -0.154. The van der Waals surface area contributed by atoms with E-state index in [1.807, 2.05) is 24.3 Å². The molecule has 0 heterocycles. The van der Waals surface area contributed by atoms with Gasteiger partial charge in [-0.05, 0) is 69.4 Å². The van der Waals surface area contributed by atoms with Gasteiger partial charge in [0.2, 0.25) is 0 Å². The van der Waals surface area contributed by atoms with Crippen molar-refractivity contribution in [3.05, 3.63) is 101 Å². The first-order valence-corrected chi connectivity index (χ1v) is 12.4. The van der Waals surface area contributed by atoms with Crippen molar-refractivity contribution in [3.63, 3.8) is 0 Å². The van der Waals surface area contributed by atoms with E-state index in [9.17, 15) is 19.4 Å². The van der Waals surface area contributed by atoms with Crippen LogP contribution in [0.3, 0.4) is 0 Å². The van der Waals surface area contributed by atoms with Crippen molar-refractivity contribution < 1.29 is 33.6 Å². The van der Waals surface area contributed by atoms with Gasteiger partial charge in [0.25, 0.3) is 0 Å². The molecule has 0 aromatic heterocycles. The van der Waals surface area contributed by atoms with Gasteiger partial charge < -0.3 is 24.4 Å². The third-order valence-electron chi connectivity index (χ3n) is 7.44. The minimum Gasteiger partial charge on any atom is -0.489 e. The number of carbonyl (C=O) groups is 1. The van der Waals surface area contributed by atoms with Gasteiger partial charge in [0.15, 0.2) is 0 Å². The van der Waals surface area contributed by atoms with Crippen LogP contribution in [0.15, 0.2) is 72.8 Å². The highest BCUT2D eigenvalue weighted by Crippen LogP contribution is 2.46. The first kappa shape index (κ1) is 25.9. The summed E-state index contributed by atoms with van der Waals surface area (Å²) in [6.07, 6.45) is 1.79. The fourth-order valence-corrected chi connectivity index (χ4v) is 5.29. The standard InChI is InChI=1S/C31H29FO6/c1-36-25-15-31(16-25,37-2)22-5-3-4-19(12-22)18-38-24-10-11-26-21(13-24)14-27(30(34)35)28(17-33)29(26)20-6-8-23(32)9-7-20/h3-14,25,33H,15-18H2,1-2H3,(H,34,35)/t25-,31+. The quantitative estimate of drug-likeness (QED) is 0.281. The number of hydrogen-bond donors (Lipinski definition) is 2. The third-order valence-corrected chi connectivity index (χ3v) is 7.44. The molecule has 6 nitrogen and oxygen atoms in total. The molecule has 7 heteroatoms. The van der Waals surface area contributed by atoms with Crippen LogP contribution in [0, 0.1) is 5.82 Å². The Morgan fingerprint density at radius 2 is 1.79 bits per heavy atom. The SMILES string of the molecule is CO[C@H]1C[C@](OC)(c2cccc(COc3ccc4c(-c5ccc(F)cc5)c(CO)c(C(=O)O)cc4c3)c2)C1. The third kappa shape index (κ3) is 4.76. The van der Waals surface area contributed by atoms with Crippen molar-refractivity contribution in [1.82, 2.24) is 0 Å². The molecule has 1 aliphatic carbocycles. The van der Waals surface area contributed by atoms with Crippen LogP contribution in [0.5, 0.6) is 5.75 Å². The molecule has 5 rings (SSSR count). The predicted molar refractivity (Wildman–Crippen MR) is 142 cm³/mol. The summed E-state index contributed by atoms with van der Waals surface area (Å²) in [4.78, 5) is 12.0. The first-order chi connectivity index (χ1) is 18.4. The zero-order chi connectivity index (χ0) is 26.9. The molecule has 4 aromatic rings. The molecule has 0 aliphatic heterocycles. The lowest BCUT2D eigenvalue weighted by Gasteiger charge is -2.46. The summed E-state index contributed by atoms with van der Waals surface area (Å²) in [6, 6.07) is 20.9. The van der Waals surface area contributed by atoms with Gasteiger partial charge in [-0.3, -0.25) is 0 Å². The van der Waals surface area contributed by atoms with Gasteiger partial charge in [-0.25, -0.2) is 9.18 Å². The minimum atomic E-state index is -1.15. The molecule has 0 bridgehead atoms. The monoisotopic (exact) mass is 516 g/mol. The number of hydrogen-bond acceptors (Lipinski definition) is 5. The maximum Gasteiger partial charge on any atom is 0.336 e. The summed E-state index contributed by atoms with van der Waals surface area (Å²) in [7, 11) is 3.43. The lowest BCUT2D eigenvalue weighted by atomic mass is 9.72. The van der Waals surface area contributed by atoms with E-state index in [2.05, 4.69) is 12.1 Å². The first-order valence-electron chi connectivity index (χ1n) is 12.4. The van der Waals surface area contributed by atoms with Gasteiger partial charge in [-0.15, -0.1) is 0 Å². The zero-order valence-electron chi connectivity index (χ0n) is 21.2. The normalized spacial score (nSPS) is 18.8. The second-order valence-electron chi connectivity index (χ2n) is 9.58. The number of aliphatic hydroxyl groups is 1. The number of aromatic carboxylic acids is 1. The highest BCUT2D eigenvalue weighted by Gasteiger charge is 2.46. The van der Waals surface area contributed by atoms with Crippen LogP contribution in [-0.2, 0) is 28.3 Å². The molecule has 0 spiro atoms. The number of methoxy groups -OCH3 is 2. The molecule has 0 saturated heterocycles. The van der Waals surface area contributed by atoms with E-state index in [0.717, 1.165) is 29.4 Å². The molecule has 0 radical (unpaired) electrons. The maximum absolute atomic E-state index is 13.6. The minimum absolute atomic E-state index is 0.0103. The smallest absolute Gasteiger partial charge is 0.336 e. The summed E-state index contributed by atoms with van der Waals surface area (Å²) in [5.74, 6) is -0.975. The number of rotatable bonds is 9. The van der Waals surface area contributed by atoms with Crippen molar-refractivity contribution in [2.75, 3.05) is 14.2 Å². The average Bonchev–Trinajstić information content (AvgIpc) is 2.91. The molecule has 4 aromatic carbocycles. The highest BCUT2D eigenvalue weighted by molar-refractivity contribution is 6.05. The Bertz CT molecular complexity index is 1470. The molecule has 1 aliphatic rings. The number of aliphatic hydroxyl groups excluding tert-OH is 1. The molecule has 1 saturated carbocycles. The van der Waals surface area contributed by atoms with E-state index in [1.165, 1.54) is 18.2 Å². The number of carboxylic acid groups (broad SMARTS) is 1. The fraction of sp³-hybridized carbons (Fsp3) is 0.258. The van der Waals surface area contributed by atoms with Crippen LogP contribution < -0.4 is 4.74 Å². The molecule has 2 N–H and O–H groups in total. The van der Waals surface area contributed by atoms with Crippen LogP contribution in [0.2, 0.25) is 0 Å². The summed E-state index contributed by atoms with van der Waals surface area (Å²) < 4.78 is 31.0. The van der Waals surface area contributed by atoms with E-state index < -0.39 is 18.4 Å². The summed E-state index contributed by atoms with van der Waals surface area (Å²) >= 11 is 0. The number of ether oxygens (including phenoxy) is 3. The van der Waals surface area contributed by atoms with Crippen LogP contribution >= 0.6 is 0 Å². The van der Waals surface area contributed by atoms with E-state index in [1.54, 1.807) is 32.4 Å². The molecule has 196 valence electrons. The van der Waals surface area contributed by atoms with E-state index in [-0.39, 0.29) is 22.8 Å². The maximum atomic E-state index is 13.6. The summed E-state index contributed by atoms with van der Waals surface area (Å²) in [5, 5.41) is 21.3. The van der Waals surface area contributed by atoms with Crippen molar-refractivity contribution in [2.45, 2.75) is 37.8 Å². The van der Waals surface area contributed by atoms with Gasteiger partial charge in [-0.2, -0.15) is 0 Å². The number of halogens is 1. The Labute approximate surface area is 220 Å². The Kier molecular flexibility index (Phi) is 7.17. The largest absolute Gasteiger partial charge is 0.489 e. The molecule has 0 atom stereocenters. The Balaban J connectivity index is 1.46. The predicted octanol–water partition coefficient (Wildman–Crippen LogP) is 6.07. The molecule has 0 unspecified atom stereocenters. The van der Waals surface area contributed by atoms with E-state index in [4.69, 9.17) is 14.2 Å². The molecular formula is C31H29FO6. The molecule has 0 amide bonds. The number of fused-ring (bicyclic) bond motifs is 1. The second-order valence-corrected chi connectivity index (χ2v) is 9.58. The van der Waals surface area contributed by atoms with Crippen molar-refractivity contribution in [3.8, 4) is 16.9 Å². The number of benzene rings is 4. The van der Waals surface area contributed by atoms with Crippen molar-refractivity contribution in [1.29, 1.82) is 0 Å². The van der Waals surface area contributed by atoms with Gasteiger partial charge in [0.05, 0.1) is 23.9 Å². The van der Waals surface area contributed by atoms with Crippen LogP contribution in [0.25, 0.3) is 21.9 Å². The van der Waals surface area contributed by atoms with Crippen LogP contribution in [-0.4, -0.2) is 36.5 Å². The molecule has 38 heavy (non-hydrogen) atoms. The summed E-state index contributed by atoms with van der Waals surface area (Å²) in [6.45, 7) is -0.148. The van der Waals surface area contributed by atoms with Gasteiger partial charge in [0.1, 0.15) is 18.2 Å². The molecule has 1 fully saturated rings. The lowest BCUT2D eigenvalue weighted by Crippen LogP contribution is -2.47. The van der Waals surface area contributed by atoms with Crippen molar-refractivity contribution >= 4 is 16.7 Å². The van der Waals surface area contributed by atoms with E-state index >= 15 is 0 Å². The Morgan fingerprint density at radius 3 is 2.45 bits per heavy atom.